The molecule has 0 saturated carbocycles. The molecule has 0 saturated heterocycles. The molecule has 2 aromatic rings. The van der Waals surface area contributed by atoms with Crippen molar-refractivity contribution in [1.82, 2.24) is 19.7 Å². The van der Waals surface area contributed by atoms with Gasteiger partial charge < -0.3 is 5.32 Å². The molecule has 0 bridgehead atoms. The fourth-order valence-electron chi connectivity index (χ4n) is 1.22. The Labute approximate surface area is 106 Å². The van der Waals surface area contributed by atoms with Crippen molar-refractivity contribution in [3.05, 3.63) is 33.9 Å². The molecule has 2 rings (SSSR count). The summed E-state index contributed by atoms with van der Waals surface area (Å²) in [6, 6.07) is 0. The van der Waals surface area contributed by atoms with Crippen LogP contribution in [0.1, 0.15) is 5.56 Å². The number of hydrogen-bond donors (Lipinski definition) is 1. The number of anilines is 1. The summed E-state index contributed by atoms with van der Waals surface area (Å²) in [7, 11) is 1.88. The van der Waals surface area contributed by atoms with Gasteiger partial charge in [0.05, 0.1) is 10.7 Å². The molecule has 0 aliphatic carbocycles. The summed E-state index contributed by atoms with van der Waals surface area (Å²) in [6.07, 6.45) is 5.14. The Morgan fingerprint density at radius 1 is 1.50 bits per heavy atom. The molecule has 1 N–H and O–H groups in total. The van der Waals surface area contributed by atoms with Crippen LogP contribution in [0.15, 0.2) is 23.2 Å². The van der Waals surface area contributed by atoms with Crippen LogP contribution in [0.25, 0.3) is 0 Å². The summed E-state index contributed by atoms with van der Waals surface area (Å²) < 4.78 is 2.42. The van der Waals surface area contributed by atoms with Crippen molar-refractivity contribution in [3.63, 3.8) is 0 Å². The summed E-state index contributed by atoms with van der Waals surface area (Å²) in [6.45, 7) is 0.639. The predicted molar refractivity (Wildman–Crippen MR) is 65.3 cm³/mol. The summed E-state index contributed by atoms with van der Waals surface area (Å²) in [5, 5.41) is 7.61. The lowest BCUT2D eigenvalue weighted by Gasteiger charge is -2.05. The summed E-state index contributed by atoms with van der Waals surface area (Å²) in [5.41, 5.74) is 1.07. The van der Waals surface area contributed by atoms with E-state index in [1.165, 1.54) is 6.33 Å². The van der Waals surface area contributed by atoms with E-state index < -0.39 is 0 Å². The van der Waals surface area contributed by atoms with E-state index in [1.54, 1.807) is 10.9 Å². The molecule has 0 radical (unpaired) electrons. The average Bonchev–Trinajstić information content (AvgIpc) is 2.67. The normalized spacial score (nSPS) is 10.4. The lowest BCUT2D eigenvalue weighted by atomic mass is 10.3. The monoisotopic (exact) mass is 301 g/mol. The molecule has 2 heterocycles. The molecule has 0 aliphatic heterocycles. The quantitative estimate of drug-likeness (QED) is 0.884. The number of nitrogens with one attached hydrogen (secondary N) is 1. The first-order valence-electron chi connectivity index (χ1n) is 4.54. The lowest BCUT2D eigenvalue weighted by Crippen LogP contribution is -2.02. The smallest absolute Gasteiger partial charge is 0.148 e. The van der Waals surface area contributed by atoms with Gasteiger partial charge >= 0.3 is 0 Å². The van der Waals surface area contributed by atoms with E-state index in [9.17, 15) is 0 Å². The molecule has 5 nitrogen and oxygen atoms in total. The van der Waals surface area contributed by atoms with Crippen LogP contribution in [-0.4, -0.2) is 19.7 Å². The van der Waals surface area contributed by atoms with Crippen molar-refractivity contribution in [2.45, 2.75) is 6.54 Å². The molecule has 0 aliphatic rings. The Morgan fingerprint density at radius 3 is 3.00 bits per heavy atom. The second-order valence-electron chi connectivity index (χ2n) is 3.20. The number of halogens is 2. The molecular weight excluding hydrogens is 293 g/mol. The van der Waals surface area contributed by atoms with Gasteiger partial charge in [-0.1, -0.05) is 11.6 Å². The Balaban J connectivity index is 2.07. The van der Waals surface area contributed by atoms with Gasteiger partial charge in [0.1, 0.15) is 17.3 Å². The van der Waals surface area contributed by atoms with E-state index in [4.69, 9.17) is 11.6 Å². The maximum atomic E-state index is 5.85. The van der Waals surface area contributed by atoms with Gasteiger partial charge in [-0.2, -0.15) is 5.10 Å². The largest absolute Gasteiger partial charge is 0.365 e. The highest BCUT2D eigenvalue weighted by molar-refractivity contribution is 9.10. The van der Waals surface area contributed by atoms with Gasteiger partial charge in [-0.25, -0.2) is 9.97 Å². The minimum atomic E-state index is 0.392. The minimum absolute atomic E-state index is 0.392. The number of aryl methyl sites for hydroxylation is 1. The summed E-state index contributed by atoms with van der Waals surface area (Å²) in [4.78, 5) is 7.93. The van der Waals surface area contributed by atoms with E-state index in [2.05, 4.69) is 36.3 Å². The van der Waals surface area contributed by atoms with Gasteiger partial charge in [0.2, 0.25) is 0 Å². The molecular formula is C9H9BrClN5. The highest BCUT2D eigenvalue weighted by atomic mass is 79.9. The topological polar surface area (TPSA) is 55.6 Å². The predicted octanol–water partition coefficient (Wildman–Crippen LogP) is 2.24. The zero-order valence-corrected chi connectivity index (χ0v) is 10.8. The fourth-order valence-corrected chi connectivity index (χ4v) is 1.70. The lowest BCUT2D eigenvalue weighted by molar-refractivity contribution is 0.767. The number of aromatic nitrogens is 4. The van der Waals surface area contributed by atoms with Crippen LogP contribution >= 0.6 is 27.5 Å². The first-order valence-corrected chi connectivity index (χ1v) is 5.71. The zero-order chi connectivity index (χ0) is 11.5. The van der Waals surface area contributed by atoms with Crippen molar-refractivity contribution < 1.29 is 0 Å². The van der Waals surface area contributed by atoms with Crippen LogP contribution in [0, 0.1) is 0 Å². The average molecular weight is 303 g/mol. The minimum Gasteiger partial charge on any atom is -0.365 e. The standard InChI is InChI=1S/C9H9BrClN5/c1-16-4-6(3-15-16)2-12-9-7(10)8(11)13-5-14-9/h3-5H,2H2,1H3,(H,12,13,14). The third-order valence-corrected chi connectivity index (χ3v) is 3.23. The molecule has 0 spiro atoms. The van der Waals surface area contributed by atoms with Crippen LogP contribution < -0.4 is 5.32 Å². The van der Waals surface area contributed by atoms with Crippen LogP contribution in [0.3, 0.4) is 0 Å². The van der Waals surface area contributed by atoms with Crippen molar-refractivity contribution in [1.29, 1.82) is 0 Å². The van der Waals surface area contributed by atoms with Crippen molar-refractivity contribution in [2.75, 3.05) is 5.32 Å². The Kier molecular flexibility index (Phi) is 3.40. The summed E-state index contributed by atoms with van der Waals surface area (Å²) in [5.74, 6) is 0.670. The molecule has 16 heavy (non-hydrogen) atoms. The van der Waals surface area contributed by atoms with Crippen molar-refractivity contribution in [2.24, 2.45) is 7.05 Å². The Morgan fingerprint density at radius 2 is 2.31 bits per heavy atom. The Hall–Kier alpha value is -1.14. The number of nitrogens with zero attached hydrogens (tertiary/aromatic N) is 4. The van der Waals surface area contributed by atoms with Crippen LogP contribution in [0.4, 0.5) is 5.82 Å². The first-order chi connectivity index (χ1) is 7.66. The highest BCUT2D eigenvalue weighted by Crippen LogP contribution is 2.26. The molecule has 2 aromatic heterocycles. The highest BCUT2D eigenvalue weighted by Gasteiger charge is 2.06. The third-order valence-electron chi connectivity index (χ3n) is 1.97. The van der Waals surface area contributed by atoms with Gasteiger partial charge in [0.15, 0.2) is 0 Å². The van der Waals surface area contributed by atoms with Crippen molar-refractivity contribution >= 4 is 33.3 Å². The van der Waals surface area contributed by atoms with Gasteiger partial charge in [0, 0.05) is 25.4 Å². The van der Waals surface area contributed by atoms with E-state index in [1.807, 2.05) is 13.2 Å². The number of hydrogen-bond acceptors (Lipinski definition) is 4. The van der Waals surface area contributed by atoms with Gasteiger partial charge in [-0.3, -0.25) is 4.68 Å². The van der Waals surface area contributed by atoms with E-state index >= 15 is 0 Å². The first kappa shape index (κ1) is 11.3. The molecule has 0 aromatic carbocycles. The van der Waals surface area contributed by atoms with E-state index in [0.29, 0.717) is 22.0 Å². The van der Waals surface area contributed by atoms with E-state index in [-0.39, 0.29) is 0 Å². The Bertz CT molecular complexity index is 498. The number of rotatable bonds is 3. The summed E-state index contributed by atoms with van der Waals surface area (Å²) >= 11 is 9.16. The van der Waals surface area contributed by atoms with Gasteiger partial charge in [-0.15, -0.1) is 0 Å². The second-order valence-corrected chi connectivity index (χ2v) is 4.35. The molecule has 0 amide bonds. The van der Waals surface area contributed by atoms with Crippen molar-refractivity contribution in [3.8, 4) is 0 Å². The SMILES string of the molecule is Cn1cc(CNc2ncnc(Cl)c2Br)cn1. The van der Waals surface area contributed by atoms with E-state index in [0.717, 1.165) is 5.56 Å². The second kappa shape index (κ2) is 4.80. The van der Waals surface area contributed by atoms with Crippen LogP contribution in [0.5, 0.6) is 0 Å². The maximum absolute atomic E-state index is 5.85. The van der Waals surface area contributed by atoms with Crippen LogP contribution in [-0.2, 0) is 13.6 Å². The molecule has 0 unspecified atom stereocenters. The maximum Gasteiger partial charge on any atom is 0.148 e. The molecule has 0 fully saturated rings. The molecule has 0 atom stereocenters. The third kappa shape index (κ3) is 2.51. The molecule has 84 valence electrons. The molecule has 7 heteroatoms. The van der Waals surface area contributed by atoms with Crippen LogP contribution in [0.2, 0.25) is 5.15 Å². The fraction of sp³-hybridized carbons (Fsp3) is 0.222. The van der Waals surface area contributed by atoms with Gasteiger partial charge in [-0.05, 0) is 15.9 Å². The van der Waals surface area contributed by atoms with Gasteiger partial charge in [0.25, 0.3) is 0 Å². The zero-order valence-electron chi connectivity index (χ0n) is 8.48.